The molecule has 0 radical (unpaired) electrons. The van der Waals surface area contributed by atoms with Gasteiger partial charge < -0.3 is 10.1 Å². The third-order valence-electron chi connectivity index (χ3n) is 4.45. The minimum atomic E-state index is 0.280. The summed E-state index contributed by atoms with van der Waals surface area (Å²) in [6, 6.07) is 4.85. The zero-order valence-corrected chi connectivity index (χ0v) is 13.9. The Morgan fingerprint density at radius 1 is 1.42 bits per heavy atom. The third kappa shape index (κ3) is 3.14. The third-order valence-corrected chi connectivity index (χ3v) is 4.91. The van der Waals surface area contributed by atoms with Crippen LogP contribution >= 0.6 is 15.9 Å². The van der Waals surface area contributed by atoms with Crippen LogP contribution in [0.4, 0.5) is 0 Å². The van der Waals surface area contributed by atoms with Crippen molar-refractivity contribution >= 4 is 15.9 Å². The summed E-state index contributed by atoms with van der Waals surface area (Å²) in [5.41, 5.74) is 2.94. The minimum Gasteiger partial charge on any atom is -0.493 e. The SMILES string of the molecule is CCC(C)(C)C(Cc1cc(Br)cc2c1OCC2)NC. The van der Waals surface area contributed by atoms with Crippen LogP contribution in [-0.4, -0.2) is 19.7 Å². The van der Waals surface area contributed by atoms with Crippen LogP contribution in [0.3, 0.4) is 0 Å². The van der Waals surface area contributed by atoms with E-state index in [2.05, 4.69) is 61.2 Å². The van der Waals surface area contributed by atoms with Gasteiger partial charge in [0.1, 0.15) is 5.75 Å². The first kappa shape index (κ1) is 14.9. The molecule has 2 nitrogen and oxygen atoms in total. The zero-order chi connectivity index (χ0) is 14.0. The van der Waals surface area contributed by atoms with Gasteiger partial charge in [-0.1, -0.05) is 36.7 Å². The maximum Gasteiger partial charge on any atom is 0.125 e. The van der Waals surface area contributed by atoms with Gasteiger partial charge in [0.25, 0.3) is 0 Å². The summed E-state index contributed by atoms with van der Waals surface area (Å²) < 4.78 is 6.99. The van der Waals surface area contributed by atoms with Gasteiger partial charge in [-0.15, -0.1) is 0 Å². The van der Waals surface area contributed by atoms with Crippen LogP contribution < -0.4 is 10.1 Å². The molecule has 1 unspecified atom stereocenters. The van der Waals surface area contributed by atoms with E-state index in [1.54, 1.807) is 0 Å². The van der Waals surface area contributed by atoms with Crippen molar-refractivity contribution in [2.45, 2.75) is 46.1 Å². The quantitative estimate of drug-likeness (QED) is 0.885. The fourth-order valence-electron chi connectivity index (χ4n) is 2.73. The molecule has 0 fully saturated rings. The highest BCUT2D eigenvalue weighted by Gasteiger charge is 2.28. The van der Waals surface area contributed by atoms with Gasteiger partial charge in [0.05, 0.1) is 6.61 Å². The zero-order valence-electron chi connectivity index (χ0n) is 12.3. The van der Waals surface area contributed by atoms with Crippen molar-refractivity contribution < 1.29 is 4.74 Å². The van der Waals surface area contributed by atoms with Crippen molar-refractivity contribution in [3.05, 3.63) is 27.7 Å². The molecule has 1 aromatic rings. The molecule has 19 heavy (non-hydrogen) atoms. The predicted octanol–water partition coefficient (Wildman–Crippen LogP) is 3.95. The number of hydrogen-bond donors (Lipinski definition) is 1. The second kappa shape index (κ2) is 5.84. The summed E-state index contributed by atoms with van der Waals surface area (Å²) in [5, 5.41) is 3.48. The number of likely N-dealkylation sites (N-methyl/N-ethyl adjacent to an activating group) is 1. The van der Waals surface area contributed by atoms with Crippen molar-refractivity contribution in [2.75, 3.05) is 13.7 Å². The Balaban J connectivity index is 2.28. The molecule has 0 saturated heterocycles. The van der Waals surface area contributed by atoms with Crippen LogP contribution in [0.15, 0.2) is 16.6 Å². The molecule has 106 valence electrons. The smallest absolute Gasteiger partial charge is 0.125 e. The molecule has 2 rings (SSSR count). The van der Waals surface area contributed by atoms with Crippen LogP contribution in [0.1, 0.15) is 38.3 Å². The summed E-state index contributed by atoms with van der Waals surface area (Å²) >= 11 is 3.62. The molecule has 3 heteroatoms. The van der Waals surface area contributed by atoms with Crippen LogP contribution in [-0.2, 0) is 12.8 Å². The van der Waals surface area contributed by atoms with Gasteiger partial charge in [0, 0.05) is 16.9 Å². The Bertz CT molecular complexity index is 456. The molecule has 0 bridgehead atoms. The van der Waals surface area contributed by atoms with Crippen LogP contribution in [0.25, 0.3) is 0 Å². The van der Waals surface area contributed by atoms with E-state index in [1.807, 2.05) is 0 Å². The van der Waals surface area contributed by atoms with E-state index < -0.39 is 0 Å². The molecule has 0 aromatic heterocycles. The summed E-state index contributed by atoms with van der Waals surface area (Å²) in [4.78, 5) is 0. The van der Waals surface area contributed by atoms with E-state index in [4.69, 9.17) is 4.74 Å². The van der Waals surface area contributed by atoms with Crippen molar-refractivity contribution in [2.24, 2.45) is 5.41 Å². The summed E-state index contributed by atoms with van der Waals surface area (Å²) in [6.07, 6.45) is 3.21. The molecule has 0 spiro atoms. The molecule has 1 aliphatic rings. The Morgan fingerprint density at radius 3 is 2.79 bits per heavy atom. The number of fused-ring (bicyclic) bond motifs is 1. The molecule has 1 heterocycles. The lowest BCUT2D eigenvalue weighted by molar-refractivity contribution is 0.238. The monoisotopic (exact) mass is 325 g/mol. The normalized spacial score (nSPS) is 16.1. The topological polar surface area (TPSA) is 21.3 Å². The van der Waals surface area contributed by atoms with Crippen LogP contribution in [0.5, 0.6) is 5.75 Å². The standard InChI is InChI=1S/C16H24BrNO/c1-5-16(2,3)14(18-4)10-12-9-13(17)8-11-6-7-19-15(11)12/h8-9,14,18H,5-7,10H2,1-4H3. The van der Waals surface area contributed by atoms with E-state index in [-0.39, 0.29) is 5.41 Å². The molecule has 0 saturated carbocycles. The molecule has 1 N–H and O–H groups in total. The van der Waals surface area contributed by atoms with Gasteiger partial charge in [0.15, 0.2) is 0 Å². The number of benzene rings is 1. The Kier molecular flexibility index (Phi) is 4.57. The lowest BCUT2D eigenvalue weighted by Gasteiger charge is -2.33. The van der Waals surface area contributed by atoms with Crippen LogP contribution in [0.2, 0.25) is 0 Å². The fraction of sp³-hybridized carbons (Fsp3) is 0.625. The van der Waals surface area contributed by atoms with E-state index >= 15 is 0 Å². The van der Waals surface area contributed by atoms with E-state index in [1.165, 1.54) is 11.1 Å². The first-order chi connectivity index (χ1) is 8.97. The second-order valence-electron chi connectivity index (χ2n) is 6.04. The average molecular weight is 326 g/mol. The van der Waals surface area contributed by atoms with Crippen molar-refractivity contribution in [3.8, 4) is 5.75 Å². The highest BCUT2D eigenvalue weighted by atomic mass is 79.9. The van der Waals surface area contributed by atoms with Crippen molar-refractivity contribution in [1.29, 1.82) is 0 Å². The van der Waals surface area contributed by atoms with E-state index in [0.717, 1.165) is 36.1 Å². The maximum absolute atomic E-state index is 5.83. The number of halogens is 1. The van der Waals surface area contributed by atoms with Crippen molar-refractivity contribution in [3.63, 3.8) is 0 Å². The van der Waals surface area contributed by atoms with Gasteiger partial charge in [0.2, 0.25) is 0 Å². The van der Waals surface area contributed by atoms with Gasteiger partial charge in [-0.3, -0.25) is 0 Å². The molecule has 0 amide bonds. The number of rotatable bonds is 5. The number of hydrogen-bond acceptors (Lipinski definition) is 2. The second-order valence-corrected chi connectivity index (χ2v) is 6.95. The number of nitrogens with one attached hydrogen (secondary N) is 1. The van der Waals surface area contributed by atoms with Gasteiger partial charge in [-0.05, 0) is 48.6 Å². The Labute approximate surface area is 125 Å². The number of ether oxygens (including phenoxy) is 1. The Morgan fingerprint density at radius 2 is 2.16 bits per heavy atom. The van der Waals surface area contributed by atoms with Gasteiger partial charge in [-0.25, -0.2) is 0 Å². The van der Waals surface area contributed by atoms with E-state index in [9.17, 15) is 0 Å². The van der Waals surface area contributed by atoms with Gasteiger partial charge >= 0.3 is 0 Å². The molecular weight excluding hydrogens is 302 g/mol. The van der Waals surface area contributed by atoms with Crippen LogP contribution in [0, 0.1) is 5.41 Å². The summed E-state index contributed by atoms with van der Waals surface area (Å²) in [6.45, 7) is 7.73. The lowest BCUT2D eigenvalue weighted by Crippen LogP contribution is -2.41. The maximum atomic E-state index is 5.83. The minimum absolute atomic E-state index is 0.280. The first-order valence-electron chi connectivity index (χ1n) is 7.09. The summed E-state index contributed by atoms with van der Waals surface area (Å²) in [7, 11) is 2.06. The first-order valence-corrected chi connectivity index (χ1v) is 7.88. The molecule has 1 atom stereocenters. The highest BCUT2D eigenvalue weighted by molar-refractivity contribution is 9.10. The van der Waals surface area contributed by atoms with Crippen molar-refractivity contribution in [1.82, 2.24) is 5.32 Å². The lowest BCUT2D eigenvalue weighted by atomic mass is 9.79. The van der Waals surface area contributed by atoms with E-state index in [0.29, 0.717) is 6.04 Å². The molecular formula is C16H24BrNO. The largest absolute Gasteiger partial charge is 0.493 e. The Hall–Kier alpha value is -0.540. The highest BCUT2D eigenvalue weighted by Crippen LogP contribution is 2.36. The fourth-order valence-corrected chi connectivity index (χ4v) is 3.29. The molecule has 0 aliphatic carbocycles. The molecule has 1 aliphatic heterocycles. The van der Waals surface area contributed by atoms with Gasteiger partial charge in [-0.2, -0.15) is 0 Å². The average Bonchev–Trinajstić information content (AvgIpc) is 2.83. The predicted molar refractivity (Wildman–Crippen MR) is 84.0 cm³/mol. The summed E-state index contributed by atoms with van der Waals surface area (Å²) in [5.74, 6) is 1.12. The molecule has 1 aromatic carbocycles.